The molecule has 0 bridgehead atoms. The molecular formula is C22H36N6O. The zero-order valence-electron chi connectivity index (χ0n) is 18.2. The lowest BCUT2D eigenvalue weighted by atomic mass is 9.84. The Morgan fingerprint density at radius 3 is 2.55 bits per heavy atom. The number of aliphatic imine (C=N–C) groups is 1. The first-order valence-electron chi connectivity index (χ1n) is 10.9. The predicted molar refractivity (Wildman–Crippen MR) is 118 cm³/mol. The van der Waals surface area contributed by atoms with Gasteiger partial charge in [-0.1, -0.05) is 12.8 Å². The van der Waals surface area contributed by atoms with E-state index in [0.29, 0.717) is 13.1 Å². The molecule has 1 aliphatic carbocycles. The lowest BCUT2D eigenvalue weighted by molar-refractivity contribution is -0.138. The number of anilines is 1. The van der Waals surface area contributed by atoms with Crippen LogP contribution in [-0.2, 0) is 11.3 Å². The second-order valence-electron chi connectivity index (χ2n) is 8.54. The van der Waals surface area contributed by atoms with Crippen molar-refractivity contribution in [3.8, 4) is 0 Å². The second-order valence-corrected chi connectivity index (χ2v) is 8.54. The molecule has 1 saturated heterocycles. The summed E-state index contributed by atoms with van der Waals surface area (Å²) in [6.45, 7) is 3.49. The molecular weight excluding hydrogens is 364 g/mol. The van der Waals surface area contributed by atoms with E-state index in [2.05, 4.69) is 31.6 Å². The molecule has 3 rings (SSSR count). The van der Waals surface area contributed by atoms with E-state index in [1.54, 1.807) is 11.9 Å². The van der Waals surface area contributed by atoms with Crippen molar-refractivity contribution in [1.29, 1.82) is 0 Å². The van der Waals surface area contributed by atoms with Crippen LogP contribution in [0.5, 0.6) is 0 Å². The lowest BCUT2D eigenvalue weighted by Crippen LogP contribution is -2.49. The highest BCUT2D eigenvalue weighted by Gasteiger charge is 2.42. The van der Waals surface area contributed by atoms with Crippen LogP contribution in [0.2, 0.25) is 0 Å². The summed E-state index contributed by atoms with van der Waals surface area (Å²) in [5.41, 5.74) is 0.877. The molecule has 7 nitrogen and oxygen atoms in total. The Morgan fingerprint density at radius 2 is 1.90 bits per heavy atom. The van der Waals surface area contributed by atoms with Gasteiger partial charge in [-0.3, -0.25) is 9.79 Å². The molecule has 0 aromatic carbocycles. The lowest BCUT2D eigenvalue weighted by Gasteiger charge is -2.31. The largest absolute Gasteiger partial charge is 0.357 e. The monoisotopic (exact) mass is 400 g/mol. The van der Waals surface area contributed by atoms with Gasteiger partial charge in [0.25, 0.3) is 0 Å². The van der Waals surface area contributed by atoms with Gasteiger partial charge in [-0.15, -0.1) is 0 Å². The van der Waals surface area contributed by atoms with Crippen molar-refractivity contribution in [2.75, 3.05) is 45.7 Å². The maximum atomic E-state index is 12.7. The summed E-state index contributed by atoms with van der Waals surface area (Å²) in [4.78, 5) is 25.8. The number of aromatic nitrogens is 1. The maximum Gasteiger partial charge on any atom is 0.230 e. The Balaban J connectivity index is 1.56. The Bertz CT molecular complexity index is 705. The molecule has 0 spiro atoms. The third-order valence-corrected chi connectivity index (χ3v) is 6.19. The maximum absolute atomic E-state index is 12.7. The number of amides is 1. The summed E-state index contributed by atoms with van der Waals surface area (Å²) >= 11 is 0. The van der Waals surface area contributed by atoms with Crippen LogP contribution in [0.1, 0.15) is 50.5 Å². The molecule has 1 aromatic rings. The van der Waals surface area contributed by atoms with Crippen LogP contribution in [0.25, 0.3) is 0 Å². The van der Waals surface area contributed by atoms with Gasteiger partial charge in [0.05, 0.1) is 5.41 Å². The van der Waals surface area contributed by atoms with Crippen molar-refractivity contribution < 1.29 is 4.79 Å². The standard InChI is InChI=1S/C22H36N6O/c1-23-21(26-17-22(10-5-6-11-22)20(29)27(2)3)25-16-18-9-12-24-19(15-18)28-13-7-4-8-14-28/h9,12,15H,4-8,10-11,13-14,16-17H2,1-3H3,(H2,23,25,26). The first-order chi connectivity index (χ1) is 14.0. The fraction of sp³-hybridized carbons (Fsp3) is 0.682. The van der Waals surface area contributed by atoms with Crippen LogP contribution < -0.4 is 15.5 Å². The van der Waals surface area contributed by atoms with Crippen LogP contribution in [0, 0.1) is 5.41 Å². The van der Waals surface area contributed by atoms with Crippen LogP contribution in [0.3, 0.4) is 0 Å². The first-order valence-corrected chi connectivity index (χ1v) is 10.9. The fourth-order valence-electron chi connectivity index (χ4n) is 4.52. The number of pyridine rings is 1. The number of carbonyl (C=O) groups excluding carboxylic acids is 1. The summed E-state index contributed by atoms with van der Waals surface area (Å²) in [5, 5.41) is 6.79. The van der Waals surface area contributed by atoms with Gasteiger partial charge < -0.3 is 20.4 Å². The summed E-state index contributed by atoms with van der Waals surface area (Å²) in [5.74, 6) is 2.02. The number of nitrogens with one attached hydrogen (secondary N) is 2. The molecule has 29 heavy (non-hydrogen) atoms. The fourth-order valence-corrected chi connectivity index (χ4v) is 4.52. The highest BCUT2D eigenvalue weighted by atomic mass is 16.2. The molecule has 1 aliphatic heterocycles. The van der Waals surface area contributed by atoms with Gasteiger partial charge in [-0.2, -0.15) is 0 Å². The molecule has 1 saturated carbocycles. The Labute approximate surface area is 175 Å². The third-order valence-electron chi connectivity index (χ3n) is 6.19. The van der Waals surface area contributed by atoms with Gasteiger partial charge in [-0.05, 0) is 49.8 Å². The van der Waals surface area contributed by atoms with Crippen molar-refractivity contribution in [3.05, 3.63) is 23.9 Å². The minimum absolute atomic E-state index is 0.221. The van der Waals surface area contributed by atoms with Crippen molar-refractivity contribution >= 4 is 17.7 Å². The highest BCUT2D eigenvalue weighted by molar-refractivity contribution is 5.85. The molecule has 2 aliphatic rings. The van der Waals surface area contributed by atoms with Gasteiger partial charge >= 0.3 is 0 Å². The first kappa shape index (κ1) is 21.4. The van der Waals surface area contributed by atoms with Gasteiger partial charge in [0, 0.05) is 53.5 Å². The molecule has 1 aromatic heterocycles. The minimum atomic E-state index is -0.306. The number of nitrogens with zero attached hydrogens (tertiary/aromatic N) is 4. The Kier molecular flexibility index (Phi) is 7.34. The molecule has 7 heteroatoms. The molecule has 2 heterocycles. The summed E-state index contributed by atoms with van der Waals surface area (Å²) < 4.78 is 0. The van der Waals surface area contributed by atoms with E-state index in [4.69, 9.17) is 0 Å². The third kappa shape index (κ3) is 5.40. The Hall–Kier alpha value is -2.31. The van der Waals surface area contributed by atoms with E-state index in [1.165, 1.54) is 24.8 Å². The number of hydrogen-bond acceptors (Lipinski definition) is 4. The van der Waals surface area contributed by atoms with E-state index >= 15 is 0 Å². The molecule has 1 amide bonds. The average molecular weight is 401 g/mol. The number of rotatable bonds is 6. The van der Waals surface area contributed by atoms with E-state index < -0.39 is 0 Å². The van der Waals surface area contributed by atoms with E-state index in [9.17, 15) is 4.79 Å². The zero-order valence-corrected chi connectivity index (χ0v) is 18.2. The van der Waals surface area contributed by atoms with Crippen LogP contribution in [0.4, 0.5) is 5.82 Å². The number of guanidine groups is 1. The quantitative estimate of drug-likeness (QED) is 0.567. The topological polar surface area (TPSA) is 72.9 Å². The molecule has 160 valence electrons. The smallest absolute Gasteiger partial charge is 0.230 e. The Morgan fingerprint density at radius 1 is 1.17 bits per heavy atom. The second kappa shape index (κ2) is 9.94. The zero-order chi connectivity index (χ0) is 20.7. The number of hydrogen-bond donors (Lipinski definition) is 2. The molecule has 2 N–H and O–H groups in total. The SMILES string of the molecule is CN=C(NCc1ccnc(N2CCCCC2)c1)NCC1(C(=O)N(C)C)CCCC1. The summed E-state index contributed by atoms with van der Waals surface area (Å²) in [6, 6.07) is 4.21. The molecule has 0 radical (unpaired) electrons. The highest BCUT2D eigenvalue weighted by Crippen LogP contribution is 2.38. The van der Waals surface area contributed by atoms with Crippen molar-refractivity contribution in [2.24, 2.45) is 10.4 Å². The van der Waals surface area contributed by atoms with Crippen molar-refractivity contribution in [1.82, 2.24) is 20.5 Å². The van der Waals surface area contributed by atoms with Crippen LogP contribution in [0.15, 0.2) is 23.3 Å². The van der Waals surface area contributed by atoms with Gasteiger partial charge in [0.2, 0.25) is 5.91 Å². The van der Waals surface area contributed by atoms with Crippen molar-refractivity contribution in [3.63, 3.8) is 0 Å². The molecule has 0 unspecified atom stereocenters. The number of piperidine rings is 1. The predicted octanol–water partition coefficient (Wildman–Crippen LogP) is 2.39. The van der Waals surface area contributed by atoms with Gasteiger partial charge in [-0.25, -0.2) is 4.98 Å². The normalized spacial score (nSPS) is 19.1. The van der Waals surface area contributed by atoms with E-state index in [0.717, 1.165) is 50.6 Å². The van der Waals surface area contributed by atoms with Crippen molar-refractivity contribution in [2.45, 2.75) is 51.5 Å². The summed E-state index contributed by atoms with van der Waals surface area (Å²) in [6.07, 6.45) is 9.81. The number of carbonyl (C=O) groups is 1. The average Bonchev–Trinajstić information content (AvgIpc) is 3.24. The molecule has 0 atom stereocenters. The molecule has 2 fully saturated rings. The van der Waals surface area contributed by atoms with Gasteiger partial charge in [0.15, 0.2) is 5.96 Å². The van der Waals surface area contributed by atoms with Gasteiger partial charge in [0.1, 0.15) is 5.82 Å². The van der Waals surface area contributed by atoms with Crippen LogP contribution >= 0.6 is 0 Å². The minimum Gasteiger partial charge on any atom is -0.357 e. The van der Waals surface area contributed by atoms with E-state index in [-0.39, 0.29) is 11.3 Å². The van der Waals surface area contributed by atoms with E-state index in [1.807, 2.05) is 26.4 Å². The van der Waals surface area contributed by atoms with Crippen LogP contribution in [-0.4, -0.2) is 62.5 Å². The summed E-state index contributed by atoms with van der Waals surface area (Å²) in [7, 11) is 5.47.